The molecule has 0 unspecified atom stereocenters. The minimum Gasteiger partial charge on any atom is -0.449 e. The number of benzene rings is 1. The molecule has 2 aromatic rings. The molecule has 1 saturated carbocycles. The topological polar surface area (TPSA) is 55.3 Å². The molecule has 126 valence electrons. The Labute approximate surface area is 140 Å². The average Bonchev–Trinajstić information content (AvgIpc) is 2.62. The van der Waals surface area contributed by atoms with E-state index in [1.807, 2.05) is 0 Å². The highest BCUT2D eigenvalue weighted by Crippen LogP contribution is 2.27. The van der Waals surface area contributed by atoms with Crippen molar-refractivity contribution in [1.29, 1.82) is 0 Å². The maximum Gasteiger partial charge on any atom is 0.420 e. The van der Waals surface area contributed by atoms with Crippen molar-refractivity contribution in [2.75, 3.05) is 11.5 Å². The second kappa shape index (κ2) is 7.86. The van der Waals surface area contributed by atoms with Crippen LogP contribution in [0.3, 0.4) is 0 Å². The quantitative estimate of drug-likeness (QED) is 0.830. The van der Waals surface area contributed by atoms with Crippen LogP contribution in [0.5, 0.6) is 0 Å². The zero-order valence-corrected chi connectivity index (χ0v) is 13.4. The number of carbonyl (C=O) groups excluding carboxylic acids is 1. The summed E-state index contributed by atoms with van der Waals surface area (Å²) in [6, 6.07) is 5.78. The molecule has 1 aromatic heterocycles. The van der Waals surface area contributed by atoms with Crippen LogP contribution in [0.1, 0.15) is 32.1 Å². The number of halogens is 1. The molecule has 24 heavy (non-hydrogen) atoms. The van der Waals surface area contributed by atoms with Gasteiger partial charge in [0.05, 0.1) is 18.5 Å². The molecule has 0 saturated heterocycles. The Morgan fingerprint density at radius 3 is 2.79 bits per heavy atom. The number of aromatic nitrogens is 2. The molecule has 1 fully saturated rings. The first-order chi connectivity index (χ1) is 11.7. The van der Waals surface area contributed by atoms with Crippen molar-refractivity contribution >= 4 is 17.6 Å². The largest absolute Gasteiger partial charge is 0.449 e. The molecule has 1 aromatic carbocycles. The van der Waals surface area contributed by atoms with E-state index < -0.39 is 11.9 Å². The van der Waals surface area contributed by atoms with Crippen molar-refractivity contribution in [2.24, 2.45) is 5.92 Å². The van der Waals surface area contributed by atoms with Gasteiger partial charge in [-0.05, 0) is 37.0 Å². The predicted octanol–water partition coefficient (Wildman–Crippen LogP) is 4.47. The fourth-order valence-corrected chi connectivity index (χ4v) is 2.96. The minimum atomic E-state index is -0.563. The molecule has 1 amide bonds. The summed E-state index contributed by atoms with van der Waals surface area (Å²) in [4.78, 5) is 22.0. The Balaban J connectivity index is 1.77. The molecular weight excluding hydrogens is 309 g/mol. The summed E-state index contributed by atoms with van der Waals surface area (Å²) < 4.78 is 19.1. The zero-order chi connectivity index (χ0) is 16.8. The Hall–Kier alpha value is -2.50. The van der Waals surface area contributed by atoms with Crippen molar-refractivity contribution in [3.05, 3.63) is 48.7 Å². The molecule has 0 radical (unpaired) electrons. The first-order valence-electron chi connectivity index (χ1n) is 8.22. The number of nitrogens with zero attached hydrogens (tertiary/aromatic N) is 3. The van der Waals surface area contributed by atoms with Gasteiger partial charge in [-0.1, -0.05) is 25.3 Å². The van der Waals surface area contributed by atoms with E-state index in [0.29, 0.717) is 24.0 Å². The number of ether oxygens (including phenoxy) is 1. The van der Waals surface area contributed by atoms with Gasteiger partial charge in [0, 0.05) is 12.4 Å². The minimum absolute atomic E-state index is 0.303. The number of hydrogen-bond donors (Lipinski definition) is 0. The van der Waals surface area contributed by atoms with Gasteiger partial charge < -0.3 is 4.74 Å². The summed E-state index contributed by atoms with van der Waals surface area (Å²) in [6.07, 6.45) is 9.66. The van der Waals surface area contributed by atoms with Crippen LogP contribution in [0.2, 0.25) is 0 Å². The van der Waals surface area contributed by atoms with Crippen LogP contribution in [0.4, 0.5) is 20.7 Å². The monoisotopic (exact) mass is 329 g/mol. The third kappa shape index (κ3) is 4.07. The third-order valence-electron chi connectivity index (χ3n) is 4.19. The molecule has 5 nitrogen and oxygen atoms in total. The summed E-state index contributed by atoms with van der Waals surface area (Å²) in [7, 11) is 0. The Morgan fingerprint density at radius 1 is 1.25 bits per heavy atom. The van der Waals surface area contributed by atoms with Gasteiger partial charge in [-0.3, -0.25) is 4.98 Å². The molecular formula is C18H20FN3O2. The molecule has 0 N–H and O–H groups in total. The summed E-state index contributed by atoms with van der Waals surface area (Å²) in [5, 5.41) is 0. The lowest BCUT2D eigenvalue weighted by molar-refractivity contribution is 0.124. The molecule has 3 rings (SSSR count). The fraction of sp³-hybridized carbons (Fsp3) is 0.389. The maximum atomic E-state index is 13.6. The van der Waals surface area contributed by atoms with Crippen molar-refractivity contribution in [3.8, 4) is 0 Å². The van der Waals surface area contributed by atoms with E-state index in [-0.39, 0.29) is 0 Å². The van der Waals surface area contributed by atoms with E-state index in [4.69, 9.17) is 4.74 Å². The first-order valence-corrected chi connectivity index (χ1v) is 8.22. The van der Waals surface area contributed by atoms with Gasteiger partial charge in [0.1, 0.15) is 5.82 Å². The molecule has 0 aliphatic heterocycles. The zero-order valence-electron chi connectivity index (χ0n) is 13.4. The van der Waals surface area contributed by atoms with Crippen LogP contribution < -0.4 is 4.90 Å². The highest BCUT2D eigenvalue weighted by molar-refractivity contribution is 5.94. The highest BCUT2D eigenvalue weighted by Gasteiger charge is 2.23. The number of anilines is 2. The van der Waals surface area contributed by atoms with Crippen LogP contribution in [-0.2, 0) is 4.74 Å². The number of amides is 1. The van der Waals surface area contributed by atoms with E-state index in [2.05, 4.69) is 9.97 Å². The summed E-state index contributed by atoms with van der Waals surface area (Å²) in [6.45, 7) is 0.380. The smallest absolute Gasteiger partial charge is 0.420 e. The summed E-state index contributed by atoms with van der Waals surface area (Å²) in [5.41, 5.74) is 0.365. The van der Waals surface area contributed by atoms with Crippen molar-refractivity contribution < 1.29 is 13.9 Å². The molecule has 1 aliphatic carbocycles. The van der Waals surface area contributed by atoms with Gasteiger partial charge in [0.25, 0.3) is 0 Å². The SMILES string of the molecule is O=C(OCC1CCCCC1)N(c1cccc(F)c1)c1cnccn1. The molecule has 0 atom stereocenters. The van der Waals surface area contributed by atoms with E-state index in [0.717, 1.165) is 12.8 Å². The third-order valence-corrected chi connectivity index (χ3v) is 4.19. The van der Waals surface area contributed by atoms with Gasteiger partial charge >= 0.3 is 6.09 Å². The summed E-state index contributed by atoms with van der Waals surface area (Å²) in [5.74, 6) is 0.275. The van der Waals surface area contributed by atoms with Crippen LogP contribution in [0.25, 0.3) is 0 Å². The van der Waals surface area contributed by atoms with E-state index in [1.165, 1.54) is 54.9 Å². The standard InChI is InChI=1S/C18H20FN3O2/c19-15-7-4-8-16(11-15)22(17-12-20-9-10-21-17)18(23)24-13-14-5-2-1-3-6-14/h4,7-12,14H,1-3,5-6,13H2. The summed E-state index contributed by atoms with van der Waals surface area (Å²) >= 11 is 0. The molecule has 0 bridgehead atoms. The molecule has 6 heteroatoms. The van der Waals surface area contributed by atoms with Crippen LogP contribution in [0.15, 0.2) is 42.9 Å². The van der Waals surface area contributed by atoms with Crippen LogP contribution in [-0.4, -0.2) is 22.7 Å². The average molecular weight is 329 g/mol. The van der Waals surface area contributed by atoms with Crippen LogP contribution in [0, 0.1) is 11.7 Å². The van der Waals surface area contributed by atoms with E-state index >= 15 is 0 Å². The Bertz CT molecular complexity index is 675. The Kier molecular flexibility index (Phi) is 5.36. The first kappa shape index (κ1) is 16.4. The molecule has 1 heterocycles. The van der Waals surface area contributed by atoms with Gasteiger partial charge in [0.2, 0.25) is 0 Å². The predicted molar refractivity (Wildman–Crippen MR) is 88.5 cm³/mol. The fourth-order valence-electron chi connectivity index (χ4n) is 2.96. The van der Waals surface area contributed by atoms with Crippen molar-refractivity contribution in [2.45, 2.75) is 32.1 Å². The van der Waals surface area contributed by atoms with Crippen LogP contribution >= 0.6 is 0 Å². The lowest BCUT2D eigenvalue weighted by atomic mass is 9.90. The lowest BCUT2D eigenvalue weighted by Gasteiger charge is -2.24. The lowest BCUT2D eigenvalue weighted by Crippen LogP contribution is -2.29. The Morgan fingerprint density at radius 2 is 2.08 bits per heavy atom. The molecule has 0 spiro atoms. The number of carbonyl (C=O) groups is 1. The maximum absolute atomic E-state index is 13.6. The van der Waals surface area contributed by atoms with E-state index in [9.17, 15) is 9.18 Å². The number of hydrogen-bond acceptors (Lipinski definition) is 4. The van der Waals surface area contributed by atoms with E-state index in [1.54, 1.807) is 12.1 Å². The van der Waals surface area contributed by atoms with Gasteiger partial charge in [-0.15, -0.1) is 0 Å². The molecule has 1 aliphatic rings. The van der Waals surface area contributed by atoms with Gasteiger partial charge in [-0.25, -0.2) is 19.1 Å². The second-order valence-corrected chi connectivity index (χ2v) is 5.96. The van der Waals surface area contributed by atoms with Crippen molar-refractivity contribution in [1.82, 2.24) is 9.97 Å². The number of rotatable bonds is 4. The highest BCUT2D eigenvalue weighted by atomic mass is 19.1. The van der Waals surface area contributed by atoms with Crippen molar-refractivity contribution in [3.63, 3.8) is 0 Å². The normalized spacial score (nSPS) is 15.0. The second-order valence-electron chi connectivity index (χ2n) is 5.96. The van der Waals surface area contributed by atoms with Gasteiger partial charge in [-0.2, -0.15) is 0 Å². The van der Waals surface area contributed by atoms with Gasteiger partial charge in [0.15, 0.2) is 5.82 Å².